The Labute approximate surface area is 127 Å². The molecule has 2 rings (SSSR count). The summed E-state index contributed by atoms with van der Waals surface area (Å²) >= 11 is 9.34. The van der Waals surface area contributed by atoms with Crippen LogP contribution in [0.2, 0.25) is 5.02 Å². The van der Waals surface area contributed by atoms with Crippen molar-refractivity contribution < 1.29 is 9.90 Å². The van der Waals surface area contributed by atoms with E-state index >= 15 is 0 Å². The van der Waals surface area contributed by atoms with Gasteiger partial charge in [0, 0.05) is 20.4 Å². The Hall–Kier alpha value is -0.320. The first-order valence-corrected chi connectivity index (χ1v) is 8.71. The molecule has 0 saturated heterocycles. The number of hydrogen-bond acceptors (Lipinski definition) is 3. The van der Waals surface area contributed by atoms with Crippen molar-refractivity contribution in [1.29, 1.82) is 0 Å². The first-order valence-electron chi connectivity index (χ1n) is 6.41. The van der Waals surface area contributed by atoms with Crippen LogP contribution in [0.25, 0.3) is 0 Å². The highest BCUT2D eigenvalue weighted by Gasteiger charge is 2.26. The highest BCUT2D eigenvalue weighted by atomic mass is 35.5. The van der Waals surface area contributed by atoms with Crippen LogP contribution < -0.4 is 0 Å². The quantitative estimate of drug-likeness (QED) is 0.864. The number of carboxylic acid groups (broad SMARTS) is 1. The van der Waals surface area contributed by atoms with Crippen molar-refractivity contribution in [1.82, 2.24) is 0 Å². The van der Waals surface area contributed by atoms with Gasteiger partial charge in [0.15, 0.2) is 0 Å². The molecule has 1 saturated carbocycles. The standard InChI is InChI=1S/C14H17ClO2S2/c15-10-5-7-11(8-6-10)19-13-4-2-1-3-12(13)18-9-14(16)17/h5-8,12-13H,1-4,9H2,(H,16,17)/t12-,13-/m1/s1. The molecule has 104 valence electrons. The topological polar surface area (TPSA) is 37.3 Å². The zero-order valence-electron chi connectivity index (χ0n) is 10.5. The second-order valence-corrected chi connectivity index (χ2v) is 7.61. The van der Waals surface area contributed by atoms with Gasteiger partial charge >= 0.3 is 5.97 Å². The Bertz CT molecular complexity index is 422. The minimum absolute atomic E-state index is 0.211. The third-order valence-electron chi connectivity index (χ3n) is 3.16. The molecule has 2 nitrogen and oxygen atoms in total. The van der Waals surface area contributed by atoms with E-state index in [0.29, 0.717) is 10.5 Å². The van der Waals surface area contributed by atoms with Crippen LogP contribution in [0, 0.1) is 0 Å². The number of halogens is 1. The number of hydrogen-bond donors (Lipinski definition) is 1. The van der Waals surface area contributed by atoms with Crippen LogP contribution in [-0.4, -0.2) is 27.3 Å². The molecule has 1 N–H and O–H groups in total. The van der Waals surface area contributed by atoms with Gasteiger partial charge in [-0.25, -0.2) is 0 Å². The minimum Gasteiger partial charge on any atom is -0.481 e. The SMILES string of the molecule is O=C(O)CS[C@@H]1CCCC[C@H]1Sc1ccc(Cl)cc1. The van der Waals surface area contributed by atoms with Gasteiger partial charge in [0.1, 0.15) is 0 Å². The van der Waals surface area contributed by atoms with Gasteiger partial charge < -0.3 is 5.11 Å². The minimum atomic E-state index is -0.717. The highest BCUT2D eigenvalue weighted by Crippen LogP contribution is 2.39. The molecule has 2 atom stereocenters. The van der Waals surface area contributed by atoms with Gasteiger partial charge in [0.25, 0.3) is 0 Å². The third kappa shape index (κ3) is 4.93. The molecular formula is C14H17ClO2S2. The van der Waals surface area contributed by atoms with Crippen LogP contribution in [0.5, 0.6) is 0 Å². The molecule has 19 heavy (non-hydrogen) atoms. The second-order valence-electron chi connectivity index (χ2n) is 4.64. The fourth-order valence-electron chi connectivity index (χ4n) is 2.25. The lowest BCUT2D eigenvalue weighted by molar-refractivity contribution is -0.133. The summed E-state index contributed by atoms with van der Waals surface area (Å²) in [4.78, 5) is 11.9. The Kier molecular flexibility index (Phi) is 5.92. The molecule has 0 aliphatic heterocycles. The molecule has 1 aliphatic rings. The van der Waals surface area contributed by atoms with Crippen molar-refractivity contribution in [2.24, 2.45) is 0 Å². The summed E-state index contributed by atoms with van der Waals surface area (Å²) in [6, 6.07) is 7.90. The number of rotatable bonds is 5. The lowest BCUT2D eigenvalue weighted by atomic mass is 10.00. The van der Waals surface area contributed by atoms with Crippen molar-refractivity contribution in [2.45, 2.75) is 41.1 Å². The van der Waals surface area contributed by atoms with E-state index in [1.165, 1.54) is 24.2 Å². The summed E-state index contributed by atoms with van der Waals surface area (Å²) in [6.45, 7) is 0. The lowest BCUT2D eigenvalue weighted by Gasteiger charge is -2.30. The van der Waals surface area contributed by atoms with Crippen LogP contribution >= 0.6 is 35.1 Å². The van der Waals surface area contributed by atoms with E-state index < -0.39 is 5.97 Å². The predicted molar refractivity (Wildman–Crippen MR) is 83.4 cm³/mol. The fraction of sp³-hybridized carbons (Fsp3) is 0.500. The largest absolute Gasteiger partial charge is 0.481 e. The fourth-order valence-corrected chi connectivity index (χ4v) is 5.04. The number of thioether (sulfide) groups is 2. The maximum Gasteiger partial charge on any atom is 0.313 e. The Morgan fingerprint density at radius 3 is 2.47 bits per heavy atom. The average Bonchev–Trinajstić information content (AvgIpc) is 2.40. The molecule has 1 aromatic carbocycles. The first-order chi connectivity index (χ1) is 9.15. The molecule has 0 bridgehead atoms. The van der Waals surface area contributed by atoms with Gasteiger partial charge in [-0.1, -0.05) is 24.4 Å². The number of aliphatic carboxylic acids is 1. The summed E-state index contributed by atoms with van der Waals surface area (Å²) in [5.41, 5.74) is 0. The summed E-state index contributed by atoms with van der Waals surface area (Å²) in [5, 5.41) is 10.5. The molecule has 0 radical (unpaired) electrons. The van der Waals surface area contributed by atoms with Gasteiger partial charge in [-0.15, -0.1) is 23.5 Å². The molecule has 5 heteroatoms. The van der Waals surface area contributed by atoms with E-state index in [9.17, 15) is 4.79 Å². The zero-order valence-corrected chi connectivity index (χ0v) is 12.9. The van der Waals surface area contributed by atoms with Crippen LogP contribution in [0.4, 0.5) is 0 Å². The van der Waals surface area contributed by atoms with Crippen LogP contribution in [0.1, 0.15) is 25.7 Å². The first kappa shape index (κ1) is 15.1. The van der Waals surface area contributed by atoms with E-state index in [0.717, 1.165) is 11.4 Å². The normalized spacial score (nSPS) is 23.2. The summed E-state index contributed by atoms with van der Waals surface area (Å²) in [5.74, 6) is -0.506. The van der Waals surface area contributed by atoms with Gasteiger partial charge in [0.2, 0.25) is 0 Å². The third-order valence-corrected chi connectivity index (χ3v) is 6.41. The molecule has 0 aromatic heterocycles. The monoisotopic (exact) mass is 316 g/mol. The van der Waals surface area contributed by atoms with Crippen molar-refractivity contribution >= 4 is 41.1 Å². The maximum atomic E-state index is 10.7. The van der Waals surface area contributed by atoms with Crippen LogP contribution in [-0.2, 0) is 4.79 Å². The Morgan fingerprint density at radius 1 is 1.21 bits per heavy atom. The average molecular weight is 317 g/mol. The number of benzene rings is 1. The zero-order chi connectivity index (χ0) is 13.7. The van der Waals surface area contributed by atoms with E-state index in [2.05, 4.69) is 0 Å². The second kappa shape index (κ2) is 7.46. The van der Waals surface area contributed by atoms with Crippen molar-refractivity contribution in [3.05, 3.63) is 29.3 Å². The van der Waals surface area contributed by atoms with Crippen LogP contribution in [0.15, 0.2) is 29.2 Å². The Morgan fingerprint density at radius 2 is 1.84 bits per heavy atom. The highest BCUT2D eigenvalue weighted by molar-refractivity contribution is 8.04. The smallest absolute Gasteiger partial charge is 0.313 e. The summed E-state index contributed by atoms with van der Waals surface area (Å²) in [7, 11) is 0. The van der Waals surface area contributed by atoms with Crippen molar-refractivity contribution in [3.63, 3.8) is 0 Å². The molecule has 0 heterocycles. The van der Waals surface area contributed by atoms with Gasteiger partial charge in [0.05, 0.1) is 5.75 Å². The van der Waals surface area contributed by atoms with E-state index in [1.807, 2.05) is 36.0 Å². The van der Waals surface area contributed by atoms with Crippen LogP contribution in [0.3, 0.4) is 0 Å². The van der Waals surface area contributed by atoms with E-state index in [1.54, 1.807) is 11.8 Å². The predicted octanol–water partition coefficient (Wildman–Crippen LogP) is 4.56. The Balaban J connectivity index is 1.95. The molecule has 0 amide bonds. The van der Waals surface area contributed by atoms with Gasteiger partial charge in [-0.3, -0.25) is 4.79 Å². The molecule has 0 unspecified atom stereocenters. The van der Waals surface area contributed by atoms with E-state index in [-0.39, 0.29) is 5.75 Å². The van der Waals surface area contributed by atoms with Crippen molar-refractivity contribution in [2.75, 3.05) is 5.75 Å². The number of carbonyl (C=O) groups is 1. The molecular weight excluding hydrogens is 300 g/mol. The van der Waals surface area contributed by atoms with Gasteiger partial charge in [-0.2, -0.15) is 0 Å². The lowest BCUT2D eigenvalue weighted by Crippen LogP contribution is -2.25. The number of carboxylic acids is 1. The molecule has 1 aromatic rings. The van der Waals surface area contributed by atoms with Crippen molar-refractivity contribution in [3.8, 4) is 0 Å². The maximum absolute atomic E-state index is 10.7. The van der Waals surface area contributed by atoms with Gasteiger partial charge in [-0.05, 0) is 37.1 Å². The van der Waals surface area contributed by atoms with E-state index in [4.69, 9.17) is 16.7 Å². The molecule has 0 spiro atoms. The summed E-state index contributed by atoms with van der Waals surface area (Å²) in [6.07, 6.45) is 4.76. The molecule has 1 aliphatic carbocycles. The molecule has 1 fully saturated rings. The summed E-state index contributed by atoms with van der Waals surface area (Å²) < 4.78 is 0.